The molecule has 0 heterocycles. The van der Waals surface area contributed by atoms with Crippen molar-refractivity contribution in [1.29, 1.82) is 0 Å². The van der Waals surface area contributed by atoms with Crippen molar-refractivity contribution in [3.8, 4) is 0 Å². The Labute approximate surface area is 208 Å². The molecule has 0 unspecified atom stereocenters. The maximum absolute atomic E-state index is 7.07. The molecule has 3 heteroatoms. The Morgan fingerprint density at radius 2 is 1.09 bits per heavy atom. The Morgan fingerprint density at radius 1 is 0.629 bits per heavy atom. The van der Waals surface area contributed by atoms with E-state index in [1.54, 1.807) is 0 Å². The molecule has 1 saturated carbocycles. The molecule has 1 aliphatic carbocycles. The van der Waals surface area contributed by atoms with Crippen molar-refractivity contribution in [2.24, 2.45) is 11.7 Å². The lowest BCUT2D eigenvalue weighted by Crippen LogP contribution is -2.40. The fraction of sp³-hybridized carbons (Fsp3) is 0.250. The fourth-order valence-electron chi connectivity index (χ4n) is 5.29. The molecule has 1 fully saturated rings. The number of rotatable bonds is 9. The lowest BCUT2D eigenvalue weighted by atomic mass is 9.80. The quantitative estimate of drug-likeness (QED) is 0.296. The highest BCUT2D eigenvalue weighted by molar-refractivity contribution is 5.47. The van der Waals surface area contributed by atoms with Crippen LogP contribution in [0.2, 0.25) is 0 Å². The molecule has 3 nitrogen and oxygen atoms in total. The zero-order valence-corrected chi connectivity index (χ0v) is 20.0. The third-order valence-electron chi connectivity index (χ3n) is 7.10. The largest absolute Gasteiger partial charge is 0.372 e. The van der Waals surface area contributed by atoms with Crippen LogP contribution in [-0.4, -0.2) is 18.8 Å². The minimum atomic E-state index is -0.722. The zero-order valence-electron chi connectivity index (χ0n) is 20.0. The molecular formula is C32H33NO2. The minimum Gasteiger partial charge on any atom is -0.372 e. The van der Waals surface area contributed by atoms with Crippen LogP contribution in [0.3, 0.4) is 0 Å². The van der Waals surface area contributed by atoms with Gasteiger partial charge in [-0.3, -0.25) is 0 Å². The molecule has 0 radical (unpaired) electrons. The van der Waals surface area contributed by atoms with Crippen LogP contribution >= 0.6 is 0 Å². The SMILES string of the molecule is N[C@@H]1CC[C@H](COC(c2ccccc2)(c2ccccc2)c2ccccc2)[C@H]1OCc1ccccc1. The molecule has 4 aromatic rings. The molecule has 0 amide bonds. The minimum absolute atomic E-state index is 0.0203. The Balaban J connectivity index is 1.46. The number of benzene rings is 4. The molecule has 4 aromatic carbocycles. The van der Waals surface area contributed by atoms with Crippen molar-refractivity contribution >= 4 is 0 Å². The average Bonchev–Trinajstić information content (AvgIpc) is 3.29. The van der Waals surface area contributed by atoms with E-state index in [0.717, 1.165) is 29.5 Å². The first kappa shape index (κ1) is 23.5. The van der Waals surface area contributed by atoms with Gasteiger partial charge in [-0.25, -0.2) is 0 Å². The highest BCUT2D eigenvalue weighted by atomic mass is 16.5. The summed E-state index contributed by atoms with van der Waals surface area (Å²) in [4.78, 5) is 0. The zero-order chi connectivity index (χ0) is 23.9. The standard InChI is InChI=1S/C32H33NO2/c33-30-22-21-26(31(30)34-23-25-13-5-1-6-14-25)24-35-32(27-15-7-2-8-16-27,28-17-9-3-10-18-28)29-19-11-4-12-20-29/h1-20,26,30-31H,21-24,33H2/t26-,30-,31-/m1/s1. The van der Waals surface area contributed by atoms with Crippen molar-refractivity contribution in [3.63, 3.8) is 0 Å². The number of hydrogen-bond donors (Lipinski definition) is 1. The highest BCUT2D eigenvalue weighted by Gasteiger charge is 2.41. The van der Waals surface area contributed by atoms with Crippen LogP contribution in [0.1, 0.15) is 35.1 Å². The molecule has 0 bridgehead atoms. The lowest BCUT2D eigenvalue weighted by Gasteiger charge is -2.37. The molecule has 3 atom stereocenters. The van der Waals surface area contributed by atoms with Gasteiger partial charge >= 0.3 is 0 Å². The Kier molecular flexibility index (Phi) is 7.39. The Bertz CT molecular complexity index is 1070. The van der Waals surface area contributed by atoms with Gasteiger partial charge in [-0.15, -0.1) is 0 Å². The van der Waals surface area contributed by atoms with Gasteiger partial charge < -0.3 is 15.2 Å². The van der Waals surface area contributed by atoms with Crippen LogP contribution in [0.4, 0.5) is 0 Å². The van der Waals surface area contributed by atoms with Gasteiger partial charge in [-0.2, -0.15) is 0 Å². The van der Waals surface area contributed by atoms with Gasteiger partial charge in [0.25, 0.3) is 0 Å². The molecule has 178 valence electrons. The van der Waals surface area contributed by atoms with Crippen molar-refractivity contribution < 1.29 is 9.47 Å². The monoisotopic (exact) mass is 463 g/mol. The molecule has 0 aromatic heterocycles. The van der Waals surface area contributed by atoms with Crippen molar-refractivity contribution in [3.05, 3.63) is 144 Å². The Hall–Kier alpha value is -3.24. The molecule has 0 aliphatic heterocycles. The van der Waals surface area contributed by atoms with Gasteiger partial charge in [-0.05, 0) is 35.1 Å². The summed E-state index contributed by atoms with van der Waals surface area (Å²) in [5, 5.41) is 0. The van der Waals surface area contributed by atoms with Crippen LogP contribution in [0.5, 0.6) is 0 Å². The fourth-order valence-corrected chi connectivity index (χ4v) is 5.29. The summed E-state index contributed by atoms with van der Waals surface area (Å²) in [6.07, 6.45) is 1.91. The number of ether oxygens (including phenoxy) is 2. The average molecular weight is 464 g/mol. The van der Waals surface area contributed by atoms with E-state index < -0.39 is 5.60 Å². The van der Waals surface area contributed by atoms with Gasteiger partial charge in [0.2, 0.25) is 0 Å². The van der Waals surface area contributed by atoms with E-state index >= 15 is 0 Å². The van der Waals surface area contributed by atoms with E-state index in [9.17, 15) is 0 Å². The second-order valence-corrected chi connectivity index (χ2v) is 9.35. The van der Waals surface area contributed by atoms with Gasteiger partial charge in [0.05, 0.1) is 19.3 Å². The van der Waals surface area contributed by atoms with E-state index in [4.69, 9.17) is 15.2 Å². The van der Waals surface area contributed by atoms with Crippen molar-refractivity contribution in [1.82, 2.24) is 0 Å². The molecule has 5 rings (SSSR count). The smallest absolute Gasteiger partial charge is 0.143 e. The van der Waals surface area contributed by atoms with Crippen LogP contribution in [0, 0.1) is 5.92 Å². The van der Waals surface area contributed by atoms with Gasteiger partial charge in [0.15, 0.2) is 0 Å². The second kappa shape index (κ2) is 11.0. The van der Waals surface area contributed by atoms with E-state index in [-0.39, 0.29) is 18.1 Å². The van der Waals surface area contributed by atoms with Crippen LogP contribution < -0.4 is 5.73 Å². The summed E-state index contributed by atoms with van der Waals surface area (Å²) in [6.45, 7) is 1.13. The van der Waals surface area contributed by atoms with E-state index in [2.05, 4.69) is 84.9 Å². The third kappa shape index (κ3) is 5.08. The molecule has 35 heavy (non-hydrogen) atoms. The third-order valence-corrected chi connectivity index (χ3v) is 7.10. The summed E-state index contributed by atoms with van der Waals surface area (Å²) in [5.74, 6) is 0.226. The summed E-state index contributed by atoms with van der Waals surface area (Å²) in [5.41, 5.74) is 10.3. The number of hydrogen-bond acceptors (Lipinski definition) is 3. The van der Waals surface area contributed by atoms with Gasteiger partial charge in [0.1, 0.15) is 5.60 Å². The molecule has 1 aliphatic rings. The normalized spacial score (nSPS) is 20.1. The first-order valence-corrected chi connectivity index (χ1v) is 12.5. The summed E-state index contributed by atoms with van der Waals surface area (Å²) < 4.78 is 13.5. The van der Waals surface area contributed by atoms with Crippen molar-refractivity contribution in [2.75, 3.05) is 6.61 Å². The number of nitrogens with two attached hydrogens (primary N) is 1. The Morgan fingerprint density at radius 3 is 1.57 bits per heavy atom. The second-order valence-electron chi connectivity index (χ2n) is 9.35. The lowest BCUT2D eigenvalue weighted by molar-refractivity contribution is -0.0567. The van der Waals surface area contributed by atoms with Crippen LogP contribution in [-0.2, 0) is 21.7 Å². The summed E-state index contributed by atoms with van der Waals surface area (Å²) >= 11 is 0. The van der Waals surface area contributed by atoms with Crippen LogP contribution in [0.25, 0.3) is 0 Å². The first-order chi connectivity index (χ1) is 17.3. The first-order valence-electron chi connectivity index (χ1n) is 12.5. The highest BCUT2D eigenvalue weighted by Crippen LogP contribution is 2.42. The topological polar surface area (TPSA) is 44.5 Å². The van der Waals surface area contributed by atoms with Gasteiger partial charge in [-0.1, -0.05) is 121 Å². The predicted molar refractivity (Wildman–Crippen MR) is 141 cm³/mol. The van der Waals surface area contributed by atoms with Crippen LogP contribution in [0.15, 0.2) is 121 Å². The maximum atomic E-state index is 7.07. The van der Waals surface area contributed by atoms with Crippen molar-refractivity contribution in [2.45, 2.75) is 37.2 Å². The molecule has 0 saturated heterocycles. The van der Waals surface area contributed by atoms with Gasteiger partial charge in [0, 0.05) is 12.0 Å². The predicted octanol–water partition coefficient (Wildman–Crippen LogP) is 6.32. The molecular weight excluding hydrogens is 430 g/mol. The van der Waals surface area contributed by atoms with E-state index in [1.165, 1.54) is 5.56 Å². The molecule has 2 N–H and O–H groups in total. The van der Waals surface area contributed by atoms with E-state index in [0.29, 0.717) is 13.2 Å². The van der Waals surface area contributed by atoms with E-state index in [1.807, 2.05) is 36.4 Å². The summed E-state index contributed by atoms with van der Waals surface area (Å²) in [7, 11) is 0. The maximum Gasteiger partial charge on any atom is 0.143 e. The molecule has 0 spiro atoms. The summed E-state index contributed by atoms with van der Waals surface area (Å²) in [6, 6.07) is 41.9.